The van der Waals surface area contributed by atoms with Gasteiger partial charge in [-0.3, -0.25) is 4.79 Å². The zero-order valence-corrected chi connectivity index (χ0v) is 14.5. The molecule has 2 fully saturated rings. The van der Waals surface area contributed by atoms with Crippen LogP contribution in [0.25, 0.3) is 10.2 Å². The highest BCUT2D eigenvalue weighted by molar-refractivity contribution is 7.18. The van der Waals surface area contributed by atoms with Crippen molar-refractivity contribution in [1.82, 2.24) is 9.88 Å². The van der Waals surface area contributed by atoms with E-state index in [-0.39, 0.29) is 26.2 Å². The van der Waals surface area contributed by atoms with E-state index in [9.17, 15) is 31.1 Å². The molecular weight excluding hydrogens is 396 g/mol. The van der Waals surface area contributed by atoms with E-state index in [0.29, 0.717) is 38.8 Å². The first-order valence-corrected chi connectivity index (χ1v) is 8.81. The van der Waals surface area contributed by atoms with Crippen molar-refractivity contribution in [2.24, 2.45) is 5.41 Å². The molecule has 0 radical (unpaired) electrons. The molecular formula is C16H13F6N3OS. The van der Waals surface area contributed by atoms with Crippen molar-refractivity contribution in [3.8, 4) is 0 Å². The van der Waals surface area contributed by atoms with Crippen molar-refractivity contribution >= 4 is 33.7 Å². The van der Waals surface area contributed by atoms with Crippen molar-refractivity contribution in [2.45, 2.75) is 18.8 Å². The largest absolute Gasteiger partial charge is 0.419 e. The van der Waals surface area contributed by atoms with E-state index in [2.05, 4.69) is 4.98 Å². The quantitative estimate of drug-likeness (QED) is 0.573. The Kier molecular flexibility index (Phi) is 3.89. The van der Waals surface area contributed by atoms with Crippen molar-refractivity contribution in [3.05, 3.63) is 22.7 Å². The average molecular weight is 409 g/mol. The minimum absolute atomic E-state index is 0.0726. The molecule has 2 saturated heterocycles. The summed E-state index contributed by atoms with van der Waals surface area (Å²) in [6, 6.07) is 1.16. The van der Waals surface area contributed by atoms with Crippen LogP contribution in [0.1, 0.15) is 10.4 Å². The summed E-state index contributed by atoms with van der Waals surface area (Å²) in [5, 5.41) is 0.0930. The molecule has 1 amide bonds. The Morgan fingerprint density at radius 2 is 1.81 bits per heavy atom. The second-order valence-corrected chi connectivity index (χ2v) is 8.22. The Hall–Kier alpha value is -2.04. The van der Waals surface area contributed by atoms with E-state index < -0.39 is 24.3 Å². The molecule has 2 aromatic rings. The van der Waals surface area contributed by atoms with Gasteiger partial charge in [0.2, 0.25) is 6.41 Å². The molecule has 11 heteroatoms. The number of fused-ring (bicyclic) bond motifs is 1. The van der Waals surface area contributed by atoms with Gasteiger partial charge in [-0.2, -0.15) is 26.3 Å². The van der Waals surface area contributed by atoms with E-state index in [0.717, 1.165) is 17.4 Å². The van der Waals surface area contributed by atoms with Gasteiger partial charge in [-0.05, 0) is 6.07 Å². The second-order valence-electron chi connectivity index (χ2n) is 7.11. The number of nitrogens with zero attached hydrogens (tertiary/aromatic N) is 3. The van der Waals surface area contributed by atoms with E-state index in [1.807, 2.05) is 0 Å². The van der Waals surface area contributed by atoms with Crippen LogP contribution in [-0.2, 0) is 17.4 Å². The van der Waals surface area contributed by atoms with Gasteiger partial charge in [-0.15, -0.1) is 11.3 Å². The molecule has 4 nitrogen and oxygen atoms in total. The maximum absolute atomic E-state index is 13.5. The third-order valence-corrected chi connectivity index (χ3v) is 5.90. The number of thiophene rings is 1. The van der Waals surface area contributed by atoms with Gasteiger partial charge < -0.3 is 9.80 Å². The predicted octanol–water partition coefficient (Wildman–Crippen LogP) is 3.70. The molecule has 2 aromatic heterocycles. The van der Waals surface area contributed by atoms with Gasteiger partial charge in [-0.25, -0.2) is 4.98 Å². The summed E-state index contributed by atoms with van der Waals surface area (Å²) in [6.07, 6.45) is -8.93. The summed E-state index contributed by atoms with van der Waals surface area (Å²) < 4.78 is 78.4. The van der Waals surface area contributed by atoms with Crippen LogP contribution in [-0.4, -0.2) is 48.6 Å². The first-order valence-electron chi connectivity index (χ1n) is 7.99. The summed E-state index contributed by atoms with van der Waals surface area (Å²) >= 11 is 0.754. The van der Waals surface area contributed by atoms with Crippen molar-refractivity contribution in [2.75, 3.05) is 31.1 Å². The summed E-state index contributed by atoms with van der Waals surface area (Å²) in [4.78, 5) is 17.6. The lowest BCUT2D eigenvalue weighted by atomic mass is 9.72. The number of carbonyl (C=O) groups is 1. The van der Waals surface area contributed by atoms with E-state index in [1.165, 1.54) is 9.80 Å². The second kappa shape index (κ2) is 5.73. The van der Waals surface area contributed by atoms with Crippen molar-refractivity contribution in [3.63, 3.8) is 0 Å². The fraction of sp³-hybridized carbons (Fsp3) is 0.500. The number of aromatic nitrogens is 1. The van der Waals surface area contributed by atoms with Crippen LogP contribution in [0.15, 0.2) is 12.3 Å². The zero-order valence-electron chi connectivity index (χ0n) is 13.7. The predicted molar refractivity (Wildman–Crippen MR) is 86.7 cm³/mol. The Morgan fingerprint density at radius 1 is 1.15 bits per heavy atom. The number of hydrogen-bond donors (Lipinski definition) is 0. The smallest absolute Gasteiger partial charge is 0.369 e. The first-order chi connectivity index (χ1) is 12.5. The molecule has 0 N–H and O–H groups in total. The van der Waals surface area contributed by atoms with Crippen LogP contribution in [0.4, 0.5) is 32.0 Å². The maximum atomic E-state index is 13.5. The Bertz CT molecular complexity index is 892. The molecule has 2 aliphatic heterocycles. The fourth-order valence-electron chi connectivity index (χ4n) is 3.87. The molecule has 4 rings (SSSR count). The van der Waals surface area contributed by atoms with Gasteiger partial charge >= 0.3 is 12.4 Å². The number of carbonyl (C=O) groups excluding carboxylic acids is 1. The summed E-state index contributed by atoms with van der Waals surface area (Å²) in [5.41, 5.74) is -1.30. The molecule has 0 aliphatic carbocycles. The Balaban J connectivity index is 1.71. The molecule has 2 aliphatic rings. The molecule has 0 saturated carbocycles. The minimum atomic E-state index is -4.67. The van der Waals surface area contributed by atoms with Crippen molar-refractivity contribution in [1.29, 1.82) is 0 Å². The number of rotatable bonds is 3. The molecule has 4 heterocycles. The summed E-state index contributed by atoms with van der Waals surface area (Å²) in [7, 11) is 0. The maximum Gasteiger partial charge on any atom is 0.419 e. The normalized spacial score (nSPS) is 19.3. The molecule has 146 valence electrons. The van der Waals surface area contributed by atoms with Crippen LogP contribution >= 0.6 is 11.3 Å². The Morgan fingerprint density at radius 3 is 2.37 bits per heavy atom. The number of alkyl halides is 6. The van der Waals surface area contributed by atoms with Crippen LogP contribution in [0.5, 0.6) is 0 Å². The zero-order chi connectivity index (χ0) is 19.6. The van der Waals surface area contributed by atoms with E-state index in [1.54, 1.807) is 0 Å². The first kappa shape index (κ1) is 18.3. The fourth-order valence-corrected chi connectivity index (χ4v) is 4.90. The van der Waals surface area contributed by atoms with Crippen LogP contribution in [0.2, 0.25) is 0 Å². The van der Waals surface area contributed by atoms with Crippen LogP contribution in [0.3, 0.4) is 0 Å². The number of halogens is 6. The lowest BCUT2D eigenvalue weighted by Gasteiger charge is -2.60. The highest BCUT2D eigenvalue weighted by atomic mass is 32.1. The number of pyridine rings is 1. The number of anilines is 1. The topological polar surface area (TPSA) is 36.4 Å². The van der Waals surface area contributed by atoms with Gasteiger partial charge in [-0.1, -0.05) is 0 Å². The van der Waals surface area contributed by atoms with Gasteiger partial charge in [0.25, 0.3) is 0 Å². The van der Waals surface area contributed by atoms with E-state index >= 15 is 0 Å². The lowest BCUT2D eigenvalue weighted by molar-refractivity contribution is -0.137. The molecule has 0 bridgehead atoms. The van der Waals surface area contributed by atoms with Crippen LogP contribution < -0.4 is 4.90 Å². The van der Waals surface area contributed by atoms with Gasteiger partial charge in [0.05, 0.1) is 17.7 Å². The monoisotopic (exact) mass is 409 g/mol. The molecule has 0 aromatic carbocycles. The van der Waals surface area contributed by atoms with Crippen LogP contribution in [0, 0.1) is 5.41 Å². The minimum Gasteiger partial charge on any atom is -0.369 e. The Labute approximate surface area is 153 Å². The molecule has 0 unspecified atom stereocenters. The average Bonchev–Trinajstić information content (AvgIpc) is 2.83. The van der Waals surface area contributed by atoms with Gasteiger partial charge in [0, 0.05) is 48.1 Å². The number of amides is 1. The number of hydrogen-bond acceptors (Lipinski definition) is 4. The number of likely N-dealkylation sites (tertiary alicyclic amines) is 1. The highest BCUT2D eigenvalue weighted by Crippen LogP contribution is 2.48. The highest BCUT2D eigenvalue weighted by Gasteiger charge is 2.53. The molecule has 27 heavy (non-hydrogen) atoms. The summed E-state index contributed by atoms with van der Waals surface area (Å²) in [6.45, 7) is 1.60. The van der Waals surface area contributed by atoms with Crippen molar-refractivity contribution < 1.29 is 31.1 Å². The van der Waals surface area contributed by atoms with Gasteiger partial charge in [0.1, 0.15) is 4.83 Å². The lowest BCUT2D eigenvalue weighted by Crippen LogP contribution is -2.72. The molecule has 0 atom stereocenters. The van der Waals surface area contributed by atoms with E-state index in [4.69, 9.17) is 0 Å². The third-order valence-electron chi connectivity index (χ3n) is 4.86. The SMILES string of the molecule is O=CN1CC2(C1)CN(c1c(C(F)(F)F)cnc3sc(CC(F)(F)F)cc13)C2. The molecule has 1 spiro atoms. The van der Waals surface area contributed by atoms with Gasteiger partial charge in [0.15, 0.2) is 0 Å². The third kappa shape index (κ3) is 3.21. The standard InChI is InChI=1S/C16H13F6N3OS/c17-15(18,19)2-9-1-10-12(11(16(20,21)22)3-23-13(10)27-9)25-6-14(7-25)4-24(5-14)8-26/h1,3,8H,2,4-7H2. The summed E-state index contributed by atoms with van der Waals surface area (Å²) in [5.74, 6) is 0.